The normalized spacial score (nSPS) is 11.1. The van der Waals surface area contributed by atoms with Gasteiger partial charge in [-0.1, -0.05) is 0 Å². The number of nitrogens with two attached hydrogens (primary N) is 1. The van der Waals surface area contributed by atoms with E-state index in [4.69, 9.17) is 5.73 Å². The van der Waals surface area contributed by atoms with Crippen molar-refractivity contribution in [1.29, 1.82) is 0 Å². The second-order valence-electron chi connectivity index (χ2n) is 4.49. The van der Waals surface area contributed by atoms with Crippen molar-refractivity contribution in [1.82, 2.24) is 14.8 Å². The molecule has 0 aliphatic carbocycles. The van der Waals surface area contributed by atoms with E-state index in [2.05, 4.69) is 29.2 Å². The predicted molar refractivity (Wildman–Crippen MR) is 76.1 cm³/mol. The van der Waals surface area contributed by atoms with E-state index in [-0.39, 0.29) is 0 Å². The molecule has 2 aromatic rings. The molecule has 18 heavy (non-hydrogen) atoms. The fraction of sp³-hybridized carbons (Fsp3) is 0.500. The second kappa shape index (κ2) is 5.39. The fourth-order valence-electron chi connectivity index (χ4n) is 1.77. The van der Waals surface area contributed by atoms with Gasteiger partial charge in [-0.2, -0.15) is 5.10 Å². The Labute approximate surface area is 111 Å². The highest BCUT2D eigenvalue weighted by Gasteiger charge is 2.14. The third-order valence-electron chi connectivity index (χ3n) is 2.74. The molecule has 0 aromatic carbocycles. The minimum absolute atomic E-state index is 0.295. The van der Waals surface area contributed by atoms with Crippen LogP contribution in [0.15, 0.2) is 11.6 Å². The van der Waals surface area contributed by atoms with Crippen molar-refractivity contribution in [3.05, 3.63) is 22.3 Å². The van der Waals surface area contributed by atoms with Crippen molar-refractivity contribution in [2.45, 2.75) is 33.2 Å². The zero-order chi connectivity index (χ0) is 13.1. The van der Waals surface area contributed by atoms with Gasteiger partial charge in [-0.15, -0.1) is 11.3 Å². The van der Waals surface area contributed by atoms with Crippen LogP contribution in [0.2, 0.25) is 0 Å². The van der Waals surface area contributed by atoms with Crippen LogP contribution in [0.1, 0.15) is 30.6 Å². The largest absolute Gasteiger partial charge is 0.394 e. The minimum Gasteiger partial charge on any atom is -0.394 e. The first kappa shape index (κ1) is 12.9. The number of hydrogen-bond acceptors (Lipinski definition) is 5. The van der Waals surface area contributed by atoms with Crippen molar-refractivity contribution < 1.29 is 0 Å². The van der Waals surface area contributed by atoms with E-state index in [1.54, 1.807) is 11.3 Å². The molecule has 0 saturated heterocycles. The van der Waals surface area contributed by atoms with Crippen LogP contribution < -0.4 is 11.1 Å². The molecule has 5 nitrogen and oxygen atoms in total. The Morgan fingerprint density at radius 1 is 1.50 bits per heavy atom. The van der Waals surface area contributed by atoms with E-state index in [1.807, 2.05) is 23.2 Å². The maximum absolute atomic E-state index is 6.04. The lowest BCUT2D eigenvalue weighted by molar-refractivity contribution is 0.534. The van der Waals surface area contributed by atoms with Crippen LogP contribution in [0.4, 0.5) is 11.5 Å². The third-order valence-corrected chi connectivity index (χ3v) is 3.58. The summed E-state index contributed by atoms with van der Waals surface area (Å²) in [5.74, 6) is 0.916. The summed E-state index contributed by atoms with van der Waals surface area (Å²) in [7, 11) is 0. The Morgan fingerprint density at radius 3 is 2.89 bits per heavy atom. The summed E-state index contributed by atoms with van der Waals surface area (Å²) in [4.78, 5) is 4.26. The standard InChI is InChI=1S/C12H19N5S/c1-8(2)17-12(11(13)9(3)16-17)15-5-4-10-14-6-7-18-10/h6-8,15H,4-5,13H2,1-3H3. The van der Waals surface area contributed by atoms with Crippen LogP contribution in [-0.2, 0) is 6.42 Å². The lowest BCUT2D eigenvalue weighted by atomic mass is 10.3. The predicted octanol–water partition coefficient (Wildman–Crippen LogP) is 2.47. The van der Waals surface area contributed by atoms with Gasteiger partial charge in [-0.05, 0) is 20.8 Å². The molecule has 0 atom stereocenters. The molecule has 98 valence electrons. The van der Waals surface area contributed by atoms with E-state index in [1.165, 1.54) is 0 Å². The molecular weight excluding hydrogens is 246 g/mol. The van der Waals surface area contributed by atoms with Crippen LogP contribution in [0, 0.1) is 6.92 Å². The number of thiazole rings is 1. The highest BCUT2D eigenvalue weighted by Crippen LogP contribution is 2.25. The Morgan fingerprint density at radius 2 is 2.28 bits per heavy atom. The molecule has 0 spiro atoms. The van der Waals surface area contributed by atoms with Gasteiger partial charge in [0.25, 0.3) is 0 Å². The zero-order valence-corrected chi connectivity index (χ0v) is 11.8. The molecule has 0 aliphatic heterocycles. The SMILES string of the molecule is Cc1nn(C(C)C)c(NCCc2nccs2)c1N. The first-order chi connectivity index (χ1) is 8.59. The van der Waals surface area contributed by atoms with Crippen LogP contribution >= 0.6 is 11.3 Å². The van der Waals surface area contributed by atoms with Gasteiger partial charge in [-0.25, -0.2) is 9.67 Å². The smallest absolute Gasteiger partial charge is 0.148 e. The number of nitrogen functional groups attached to an aromatic ring is 1. The number of aromatic nitrogens is 3. The summed E-state index contributed by atoms with van der Waals surface area (Å²) in [5.41, 5.74) is 7.66. The highest BCUT2D eigenvalue weighted by atomic mass is 32.1. The van der Waals surface area contributed by atoms with Gasteiger partial charge in [-0.3, -0.25) is 0 Å². The molecule has 0 saturated carbocycles. The van der Waals surface area contributed by atoms with Gasteiger partial charge in [0, 0.05) is 30.6 Å². The summed E-state index contributed by atoms with van der Waals surface area (Å²) < 4.78 is 1.94. The first-order valence-electron chi connectivity index (χ1n) is 6.06. The molecule has 0 fully saturated rings. The van der Waals surface area contributed by atoms with E-state index in [9.17, 15) is 0 Å². The van der Waals surface area contributed by atoms with Gasteiger partial charge in [0.05, 0.1) is 16.4 Å². The number of anilines is 2. The maximum atomic E-state index is 6.04. The molecular formula is C12H19N5S. The van der Waals surface area contributed by atoms with Gasteiger partial charge in [0.15, 0.2) is 0 Å². The second-order valence-corrected chi connectivity index (χ2v) is 5.47. The lowest BCUT2D eigenvalue weighted by Gasteiger charge is -2.12. The average Bonchev–Trinajstić information content (AvgIpc) is 2.92. The average molecular weight is 265 g/mol. The van der Waals surface area contributed by atoms with Crippen LogP contribution in [0.25, 0.3) is 0 Å². The van der Waals surface area contributed by atoms with Crippen LogP contribution in [0.3, 0.4) is 0 Å². The molecule has 2 rings (SSSR count). The number of rotatable bonds is 5. The summed E-state index contributed by atoms with van der Waals surface area (Å²) in [6, 6.07) is 0.295. The molecule has 6 heteroatoms. The van der Waals surface area contributed by atoms with Crippen molar-refractivity contribution in [3.8, 4) is 0 Å². The van der Waals surface area contributed by atoms with Crippen LogP contribution in [-0.4, -0.2) is 21.3 Å². The highest BCUT2D eigenvalue weighted by molar-refractivity contribution is 7.09. The Balaban J connectivity index is 2.04. The molecule has 2 aromatic heterocycles. The number of aryl methyl sites for hydroxylation is 1. The zero-order valence-electron chi connectivity index (χ0n) is 11.0. The van der Waals surface area contributed by atoms with Crippen molar-refractivity contribution in [2.75, 3.05) is 17.6 Å². The van der Waals surface area contributed by atoms with Gasteiger partial charge >= 0.3 is 0 Å². The summed E-state index contributed by atoms with van der Waals surface area (Å²) in [5, 5.41) is 10.9. The summed E-state index contributed by atoms with van der Waals surface area (Å²) in [6.45, 7) is 6.94. The Hall–Kier alpha value is -1.56. The summed E-state index contributed by atoms with van der Waals surface area (Å²) in [6.07, 6.45) is 2.73. The first-order valence-corrected chi connectivity index (χ1v) is 6.94. The number of nitrogens with zero attached hydrogens (tertiary/aromatic N) is 3. The van der Waals surface area contributed by atoms with Crippen LogP contribution in [0.5, 0.6) is 0 Å². The lowest BCUT2D eigenvalue weighted by Crippen LogP contribution is -2.13. The molecule has 0 amide bonds. The fourth-order valence-corrected chi connectivity index (χ4v) is 2.39. The van der Waals surface area contributed by atoms with Crippen molar-refractivity contribution in [2.24, 2.45) is 0 Å². The quantitative estimate of drug-likeness (QED) is 0.871. The van der Waals surface area contributed by atoms with E-state index in [0.717, 1.165) is 35.2 Å². The third kappa shape index (κ3) is 2.64. The molecule has 0 bridgehead atoms. The monoisotopic (exact) mass is 265 g/mol. The van der Waals surface area contributed by atoms with Crippen molar-refractivity contribution in [3.63, 3.8) is 0 Å². The molecule has 0 unspecified atom stereocenters. The maximum Gasteiger partial charge on any atom is 0.148 e. The van der Waals surface area contributed by atoms with Gasteiger partial charge < -0.3 is 11.1 Å². The van der Waals surface area contributed by atoms with E-state index < -0.39 is 0 Å². The van der Waals surface area contributed by atoms with E-state index >= 15 is 0 Å². The minimum atomic E-state index is 0.295. The Kier molecular flexibility index (Phi) is 3.86. The molecule has 0 radical (unpaired) electrons. The Bertz CT molecular complexity index is 501. The molecule has 2 heterocycles. The number of nitrogens with one attached hydrogen (secondary N) is 1. The van der Waals surface area contributed by atoms with E-state index in [0.29, 0.717) is 6.04 Å². The topological polar surface area (TPSA) is 68.8 Å². The van der Waals surface area contributed by atoms with Crippen molar-refractivity contribution >= 4 is 22.8 Å². The molecule has 0 aliphatic rings. The summed E-state index contributed by atoms with van der Waals surface area (Å²) >= 11 is 1.67. The molecule has 3 N–H and O–H groups in total. The number of hydrogen-bond donors (Lipinski definition) is 2. The van der Waals surface area contributed by atoms with Gasteiger partial charge in [0.1, 0.15) is 5.82 Å². The van der Waals surface area contributed by atoms with Gasteiger partial charge in [0.2, 0.25) is 0 Å².